The number of hydrogen-bond acceptors (Lipinski definition) is 4. The van der Waals surface area contributed by atoms with Gasteiger partial charge in [-0.3, -0.25) is 4.79 Å². The maximum atomic E-state index is 15.0. The van der Waals surface area contributed by atoms with Gasteiger partial charge < -0.3 is 19.3 Å². The molecule has 0 bridgehead atoms. The molecule has 1 N–H and O–H groups in total. The minimum atomic E-state index is -0.832. The zero-order valence-electron chi connectivity index (χ0n) is 22.5. The normalized spacial score (nSPS) is 13.2. The van der Waals surface area contributed by atoms with Crippen molar-refractivity contribution in [3.05, 3.63) is 83.2 Å². The molecule has 0 aliphatic heterocycles. The molecule has 2 atom stereocenters. The summed E-state index contributed by atoms with van der Waals surface area (Å²) in [5.41, 5.74) is 3.71. The molecule has 3 aromatic rings. The van der Waals surface area contributed by atoms with Crippen LogP contribution in [0.25, 0.3) is 11.1 Å². The van der Waals surface area contributed by atoms with Gasteiger partial charge in [-0.15, -0.1) is 0 Å². The molecule has 0 aromatic heterocycles. The van der Waals surface area contributed by atoms with E-state index in [1.807, 2.05) is 49.4 Å². The molecule has 37 heavy (non-hydrogen) atoms. The van der Waals surface area contributed by atoms with Crippen LogP contribution in [0, 0.1) is 11.2 Å². The lowest BCUT2D eigenvalue weighted by atomic mass is 9.77. The predicted molar refractivity (Wildman–Crippen MR) is 144 cm³/mol. The van der Waals surface area contributed by atoms with Crippen LogP contribution in [-0.2, 0) is 16.1 Å². The second-order valence-corrected chi connectivity index (χ2v) is 10.1. The standard InChI is InChI=1S/C31H37FO5/c1-7-31(3,4)30(36-6)27-16-21(11-13-25(27)26-18-23(35-5)12-14-28(26)32)19-37-24-10-8-9-22(17-24)20(2)15-29(33)34/h8-14,16-18,20,30H,7,15,19H2,1-6H3,(H,33,34)/t20-,30+/m1/s1. The van der Waals surface area contributed by atoms with E-state index in [1.165, 1.54) is 6.07 Å². The van der Waals surface area contributed by atoms with Crippen molar-refractivity contribution in [3.8, 4) is 22.6 Å². The van der Waals surface area contributed by atoms with Crippen molar-refractivity contribution in [3.63, 3.8) is 0 Å². The van der Waals surface area contributed by atoms with Crippen molar-refractivity contribution >= 4 is 5.97 Å². The van der Waals surface area contributed by atoms with E-state index < -0.39 is 5.97 Å². The Bertz CT molecular complexity index is 1220. The monoisotopic (exact) mass is 508 g/mol. The Morgan fingerprint density at radius 1 is 1.00 bits per heavy atom. The Labute approximate surface area is 219 Å². The van der Waals surface area contributed by atoms with Crippen molar-refractivity contribution in [2.75, 3.05) is 14.2 Å². The summed E-state index contributed by atoms with van der Waals surface area (Å²) in [5.74, 6) is -0.0422. The minimum Gasteiger partial charge on any atom is -0.497 e. The average Bonchev–Trinajstić information content (AvgIpc) is 2.88. The number of aliphatic carboxylic acids is 1. The quantitative estimate of drug-likeness (QED) is 0.271. The van der Waals surface area contributed by atoms with E-state index in [2.05, 4.69) is 20.8 Å². The maximum absolute atomic E-state index is 15.0. The number of carbonyl (C=O) groups is 1. The molecule has 5 nitrogen and oxygen atoms in total. The molecule has 6 heteroatoms. The van der Waals surface area contributed by atoms with E-state index in [1.54, 1.807) is 26.4 Å². The molecule has 3 aromatic carbocycles. The third-order valence-electron chi connectivity index (χ3n) is 7.03. The Hall–Kier alpha value is -3.38. The van der Waals surface area contributed by atoms with Crippen LogP contribution in [0.5, 0.6) is 11.5 Å². The van der Waals surface area contributed by atoms with Gasteiger partial charge in [0, 0.05) is 12.7 Å². The summed E-state index contributed by atoms with van der Waals surface area (Å²) in [6, 6.07) is 18.1. The summed E-state index contributed by atoms with van der Waals surface area (Å²) in [5, 5.41) is 9.11. The first-order chi connectivity index (χ1) is 17.6. The van der Waals surface area contributed by atoms with E-state index in [0.717, 1.165) is 28.7 Å². The topological polar surface area (TPSA) is 65.0 Å². The number of carboxylic acids is 1. The fraction of sp³-hybridized carbons (Fsp3) is 0.387. The average molecular weight is 509 g/mol. The Morgan fingerprint density at radius 3 is 2.41 bits per heavy atom. The van der Waals surface area contributed by atoms with Gasteiger partial charge in [0.25, 0.3) is 0 Å². The van der Waals surface area contributed by atoms with Crippen molar-refractivity contribution < 1.29 is 28.5 Å². The van der Waals surface area contributed by atoms with Crippen molar-refractivity contribution in [1.29, 1.82) is 0 Å². The highest BCUT2D eigenvalue weighted by Crippen LogP contribution is 2.44. The van der Waals surface area contributed by atoms with Gasteiger partial charge >= 0.3 is 5.97 Å². The fourth-order valence-corrected chi connectivity index (χ4v) is 4.51. The lowest BCUT2D eigenvalue weighted by Crippen LogP contribution is -2.24. The number of carboxylic acid groups (broad SMARTS) is 1. The highest BCUT2D eigenvalue weighted by molar-refractivity contribution is 5.71. The smallest absolute Gasteiger partial charge is 0.303 e. The zero-order valence-corrected chi connectivity index (χ0v) is 22.5. The van der Waals surface area contributed by atoms with Crippen LogP contribution in [0.15, 0.2) is 60.7 Å². The summed E-state index contributed by atoms with van der Waals surface area (Å²) >= 11 is 0. The highest BCUT2D eigenvalue weighted by Gasteiger charge is 2.32. The third-order valence-corrected chi connectivity index (χ3v) is 7.03. The number of methoxy groups -OCH3 is 2. The van der Waals surface area contributed by atoms with Gasteiger partial charge in [-0.05, 0) is 76.4 Å². The Kier molecular flexibility index (Phi) is 9.33. The maximum Gasteiger partial charge on any atom is 0.303 e. The SMILES string of the molecule is CCC(C)(C)[C@@H](OC)c1cc(COc2cccc([C@H](C)CC(=O)O)c2)ccc1-c1cc(OC)ccc1F. The summed E-state index contributed by atoms with van der Waals surface area (Å²) in [6.07, 6.45) is 0.646. The molecule has 0 unspecified atom stereocenters. The van der Waals surface area contributed by atoms with Gasteiger partial charge in [-0.2, -0.15) is 0 Å². The molecular weight excluding hydrogens is 471 g/mol. The molecular formula is C31H37FO5. The molecule has 0 aliphatic rings. The second-order valence-electron chi connectivity index (χ2n) is 10.1. The second kappa shape index (κ2) is 12.2. The molecule has 0 aliphatic carbocycles. The first-order valence-electron chi connectivity index (χ1n) is 12.5. The lowest BCUT2D eigenvalue weighted by Gasteiger charge is -2.34. The molecule has 0 saturated carbocycles. The van der Waals surface area contributed by atoms with Gasteiger partial charge in [-0.1, -0.05) is 52.0 Å². The summed E-state index contributed by atoms with van der Waals surface area (Å²) in [6.45, 7) is 8.58. The lowest BCUT2D eigenvalue weighted by molar-refractivity contribution is -0.137. The molecule has 0 amide bonds. The van der Waals surface area contributed by atoms with E-state index >= 15 is 4.39 Å². The zero-order chi connectivity index (χ0) is 27.2. The summed E-state index contributed by atoms with van der Waals surface area (Å²) in [4.78, 5) is 11.1. The van der Waals surface area contributed by atoms with Gasteiger partial charge in [-0.25, -0.2) is 4.39 Å². The van der Waals surface area contributed by atoms with Gasteiger partial charge in [0.2, 0.25) is 0 Å². The molecule has 198 valence electrons. The van der Waals surface area contributed by atoms with Crippen LogP contribution in [-0.4, -0.2) is 25.3 Å². The van der Waals surface area contributed by atoms with Crippen molar-refractivity contribution in [1.82, 2.24) is 0 Å². The first kappa shape index (κ1) is 28.2. The summed E-state index contributed by atoms with van der Waals surface area (Å²) < 4.78 is 32.5. The van der Waals surface area contributed by atoms with Crippen LogP contribution in [0.1, 0.15) is 69.2 Å². The molecule has 0 saturated heterocycles. The number of ether oxygens (including phenoxy) is 3. The number of rotatable bonds is 12. The van der Waals surface area contributed by atoms with Gasteiger partial charge in [0.05, 0.1) is 19.6 Å². The van der Waals surface area contributed by atoms with Crippen LogP contribution in [0.2, 0.25) is 0 Å². The number of halogens is 1. The number of benzene rings is 3. The van der Waals surface area contributed by atoms with Gasteiger partial charge in [0.1, 0.15) is 23.9 Å². The molecule has 0 fully saturated rings. The Morgan fingerprint density at radius 2 is 1.76 bits per heavy atom. The largest absolute Gasteiger partial charge is 0.497 e. The highest BCUT2D eigenvalue weighted by atomic mass is 19.1. The minimum absolute atomic E-state index is 0.0563. The van der Waals surface area contributed by atoms with E-state index in [0.29, 0.717) is 23.7 Å². The van der Waals surface area contributed by atoms with Crippen LogP contribution < -0.4 is 9.47 Å². The van der Waals surface area contributed by atoms with Crippen molar-refractivity contribution in [2.45, 2.75) is 59.2 Å². The van der Waals surface area contributed by atoms with Crippen LogP contribution in [0.3, 0.4) is 0 Å². The predicted octanol–water partition coefficient (Wildman–Crippen LogP) is 7.78. The Balaban J connectivity index is 1.98. The van der Waals surface area contributed by atoms with E-state index in [4.69, 9.17) is 19.3 Å². The van der Waals surface area contributed by atoms with E-state index in [9.17, 15) is 4.79 Å². The van der Waals surface area contributed by atoms with Crippen LogP contribution >= 0.6 is 0 Å². The van der Waals surface area contributed by atoms with E-state index in [-0.39, 0.29) is 29.7 Å². The fourth-order valence-electron chi connectivity index (χ4n) is 4.51. The molecule has 0 heterocycles. The van der Waals surface area contributed by atoms with Crippen LogP contribution in [0.4, 0.5) is 4.39 Å². The molecule has 0 spiro atoms. The third kappa shape index (κ3) is 6.89. The molecule has 0 radical (unpaired) electrons. The first-order valence-corrected chi connectivity index (χ1v) is 12.5. The number of hydrogen-bond donors (Lipinski definition) is 1. The van der Waals surface area contributed by atoms with Gasteiger partial charge in [0.15, 0.2) is 0 Å². The molecule has 3 rings (SSSR count). The summed E-state index contributed by atoms with van der Waals surface area (Å²) in [7, 11) is 3.24. The van der Waals surface area contributed by atoms with Crippen molar-refractivity contribution in [2.24, 2.45) is 5.41 Å².